The Bertz CT molecular complexity index is 728. The highest BCUT2D eigenvalue weighted by Gasteiger charge is 2.30. The van der Waals surface area contributed by atoms with Crippen LogP contribution < -0.4 is 4.74 Å². The van der Waals surface area contributed by atoms with Gasteiger partial charge in [0.1, 0.15) is 11.3 Å². The molecule has 1 atom stereocenters. The smallest absolute Gasteiger partial charge is 0.375 e. The third-order valence-corrected chi connectivity index (χ3v) is 3.90. The van der Waals surface area contributed by atoms with E-state index in [1.807, 2.05) is 13.0 Å². The first kappa shape index (κ1) is 14.6. The molecule has 116 valence electrons. The van der Waals surface area contributed by atoms with Crippen LogP contribution in [0.3, 0.4) is 0 Å². The lowest BCUT2D eigenvalue weighted by Crippen LogP contribution is -2.22. The maximum absolute atomic E-state index is 12.2. The normalized spacial score (nSPS) is 17.9. The molecule has 1 saturated carbocycles. The average Bonchev–Trinajstić information content (AvgIpc) is 3.04. The molecule has 1 aromatic carbocycles. The fourth-order valence-corrected chi connectivity index (χ4v) is 2.74. The van der Waals surface area contributed by atoms with E-state index in [2.05, 4.69) is 0 Å². The van der Waals surface area contributed by atoms with E-state index in [1.54, 1.807) is 19.1 Å². The van der Waals surface area contributed by atoms with Crippen LogP contribution in [0.5, 0.6) is 5.75 Å². The first-order chi connectivity index (χ1) is 10.6. The second kappa shape index (κ2) is 5.83. The number of hydrogen-bond acceptors (Lipinski definition) is 5. The number of Topliss-reactive ketones (excluding diaryl/α,β-unsaturated/α-hetero) is 1. The van der Waals surface area contributed by atoms with E-state index in [4.69, 9.17) is 13.9 Å². The Balaban J connectivity index is 1.88. The summed E-state index contributed by atoms with van der Waals surface area (Å²) in [7, 11) is 0. The Labute approximate surface area is 128 Å². The molecule has 0 spiro atoms. The van der Waals surface area contributed by atoms with Crippen molar-refractivity contribution in [1.82, 2.24) is 0 Å². The van der Waals surface area contributed by atoms with Gasteiger partial charge < -0.3 is 13.9 Å². The standard InChI is InChI=1S/C17H18O5/c1-3-20-11-7-8-14-12(9-11)10(2)16(21-14)17(19)22-15-6-4-5-13(15)18/h7-9,15H,3-6H2,1-2H3/t15-/m1/s1. The fourth-order valence-electron chi connectivity index (χ4n) is 2.74. The fraction of sp³-hybridized carbons (Fsp3) is 0.412. The van der Waals surface area contributed by atoms with Crippen molar-refractivity contribution in [3.63, 3.8) is 0 Å². The van der Waals surface area contributed by atoms with Crippen molar-refractivity contribution < 1.29 is 23.5 Å². The van der Waals surface area contributed by atoms with Gasteiger partial charge in [-0.2, -0.15) is 0 Å². The molecule has 0 radical (unpaired) electrons. The monoisotopic (exact) mass is 302 g/mol. The molecule has 0 amide bonds. The third kappa shape index (κ3) is 2.58. The molecule has 5 nitrogen and oxygen atoms in total. The van der Waals surface area contributed by atoms with Gasteiger partial charge in [-0.05, 0) is 44.9 Å². The van der Waals surface area contributed by atoms with Gasteiger partial charge in [-0.1, -0.05) is 0 Å². The molecular weight excluding hydrogens is 284 g/mol. The van der Waals surface area contributed by atoms with Gasteiger partial charge in [-0.25, -0.2) is 4.79 Å². The quantitative estimate of drug-likeness (QED) is 0.810. The minimum Gasteiger partial charge on any atom is -0.494 e. The highest BCUT2D eigenvalue weighted by Crippen LogP contribution is 2.30. The summed E-state index contributed by atoms with van der Waals surface area (Å²) in [5.74, 6) is 0.292. The lowest BCUT2D eigenvalue weighted by Gasteiger charge is -2.08. The van der Waals surface area contributed by atoms with Gasteiger partial charge in [-0.15, -0.1) is 0 Å². The Morgan fingerprint density at radius 2 is 2.23 bits per heavy atom. The summed E-state index contributed by atoms with van der Waals surface area (Å²) >= 11 is 0. The largest absolute Gasteiger partial charge is 0.494 e. The Hall–Kier alpha value is -2.30. The van der Waals surface area contributed by atoms with Gasteiger partial charge in [0.15, 0.2) is 11.9 Å². The number of carbonyl (C=O) groups excluding carboxylic acids is 2. The van der Waals surface area contributed by atoms with Crippen molar-refractivity contribution in [1.29, 1.82) is 0 Å². The number of fused-ring (bicyclic) bond motifs is 1. The number of esters is 1. The van der Waals surface area contributed by atoms with E-state index < -0.39 is 12.1 Å². The highest BCUT2D eigenvalue weighted by molar-refractivity contribution is 5.98. The molecule has 3 rings (SSSR count). The third-order valence-electron chi connectivity index (χ3n) is 3.90. The topological polar surface area (TPSA) is 65.7 Å². The van der Waals surface area contributed by atoms with Crippen LogP contribution in [-0.2, 0) is 9.53 Å². The molecule has 2 aromatic rings. The van der Waals surface area contributed by atoms with Gasteiger partial charge >= 0.3 is 5.97 Å². The summed E-state index contributed by atoms with van der Waals surface area (Å²) in [5.41, 5.74) is 1.30. The van der Waals surface area contributed by atoms with Crippen LogP contribution in [-0.4, -0.2) is 24.5 Å². The molecule has 5 heteroatoms. The molecule has 1 aliphatic rings. The van der Waals surface area contributed by atoms with Crippen molar-refractivity contribution in [2.75, 3.05) is 6.61 Å². The van der Waals surface area contributed by atoms with Crippen LogP contribution in [0.25, 0.3) is 11.0 Å². The zero-order valence-corrected chi connectivity index (χ0v) is 12.7. The number of benzene rings is 1. The van der Waals surface area contributed by atoms with Crippen LogP contribution in [0, 0.1) is 6.92 Å². The SMILES string of the molecule is CCOc1ccc2oc(C(=O)O[C@@H]3CCCC3=O)c(C)c2c1. The van der Waals surface area contributed by atoms with Crippen molar-refractivity contribution in [3.8, 4) is 5.75 Å². The van der Waals surface area contributed by atoms with Gasteiger partial charge in [0, 0.05) is 17.4 Å². The van der Waals surface area contributed by atoms with Gasteiger partial charge in [0.05, 0.1) is 6.61 Å². The summed E-state index contributed by atoms with van der Waals surface area (Å²) < 4.78 is 16.3. The Morgan fingerprint density at radius 3 is 2.91 bits per heavy atom. The molecule has 22 heavy (non-hydrogen) atoms. The van der Waals surface area contributed by atoms with Crippen LogP contribution >= 0.6 is 0 Å². The zero-order chi connectivity index (χ0) is 15.7. The van der Waals surface area contributed by atoms with E-state index in [9.17, 15) is 9.59 Å². The summed E-state index contributed by atoms with van der Waals surface area (Å²) in [5, 5.41) is 0.815. The molecule has 0 bridgehead atoms. The number of hydrogen-bond donors (Lipinski definition) is 0. The van der Waals surface area contributed by atoms with Crippen LogP contribution in [0.4, 0.5) is 0 Å². The molecule has 1 aliphatic carbocycles. The molecule has 0 aliphatic heterocycles. The first-order valence-corrected chi connectivity index (χ1v) is 7.49. The number of furan rings is 1. The summed E-state index contributed by atoms with van der Waals surface area (Å²) in [6.07, 6.45) is 1.22. The Kier molecular flexibility index (Phi) is 3.88. The summed E-state index contributed by atoms with van der Waals surface area (Å²) in [4.78, 5) is 23.8. The number of aryl methyl sites for hydroxylation is 1. The summed E-state index contributed by atoms with van der Waals surface area (Å²) in [6.45, 7) is 4.28. The predicted molar refractivity (Wildman–Crippen MR) is 80.2 cm³/mol. The predicted octanol–water partition coefficient (Wildman–Crippen LogP) is 3.42. The van der Waals surface area contributed by atoms with E-state index in [1.165, 1.54) is 0 Å². The minimum atomic E-state index is -0.626. The van der Waals surface area contributed by atoms with Crippen molar-refractivity contribution in [3.05, 3.63) is 29.5 Å². The van der Waals surface area contributed by atoms with Crippen LogP contribution in [0.2, 0.25) is 0 Å². The average molecular weight is 302 g/mol. The van der Waals surface area contributed by atoms with E-state index in [-0.39, 0.29) is 11.5 Å². The van der Waals surface area contributed by atoms with Crippen molar-refractivity contribution in [2.24, 2.45) is 0 Å². The lowest BCUT2D eigenvalue weighted by molar-refractivity contribution is -0.124. The van der Waals surface area contributed by atoms with E-state index in [0.717, 1.165) is 17.6 Å². The molecule has 0 unspecified atom stereocenters. The number of rotatable bonds is 4. The number of ether oxygens (including phenoxy) is 2. The molecule has 1 heterocycles. The van der Waals surface area contributed by atoms with Gasteiger partial charge in [-0.3, -0.25) is 4.79 Å². The van der Waals surface area contributed by atoms with Crippen LogP contribution in [0.1, 0.15) is 42.3 Å². The molecule has 0 N–H and O–H groups in total. The number of carbonyl (C=O) groups is 2. The van der Waals surface area contributed by atoms with Gasteiger partial charge in [0.25, 0.3) is 0 Å². The molecule has 1 aromatic heterocycles. The zero-order valence-electron chi connectivity index (χ0n) is 12.7. The molecule has 0 saturated heterocycles. The molecule has 1 fully saturated rings. The van der Waals surface area contributed by atoms with Crippen molar-refractivity contribution in [2.45, 2.75) is 39.2 Å². The maximum atomic E-state index is 12.2. The molecular formula is C17H18O5. The lowest BCUT2D eigenvalue weighted by atomic mass is 10.1. The Morgan fingerprint density at radius 1 is 1.41 bits per heavy atom. The minimum absolute atomic E-state index is 0.0132. The second-order valence-corrected chi connectivity index (χ2v) is 5.40. The van der Waals surface area contributed by atoms with E-state index in [0.29, 0.717) is 30.6 Å². The summed E-state index contributed by atoms with van der Waals surface area (Å²) in [6, 6.07) is 5.41. The van der Waals surface area contributed by atoms with Crippen LogP contribution in [0.15, 0.2) is 22.6 Å². The number of ketones is 1. The maximum Gasteiger partial charge on any atom is 0.375 e. The first-order valence-electron chi connectivity index (χ1n) is 7.49. The van der Waals surface area contributed by atoms with Crippen molar-refractivity contribution >= 4 is 22.7 Å². The van der Waals surface area contributed by atoms with Gasteiger partial charge in [0.2, 0.25) is 5.76 Å². The second-order valence-electron chi connectivity index (χ2n) is 5.40. The van der Waals surface area contributed by atoms with E-state index >= 15 is 0 Å². The highest BCUT2D eigenvalue weighted by atomic mass is 16.6.